The number of hydrogen-bond donors (Lipinski definition) is 2. The van der Waals surface area contributed by atoms with Crippen molar-refractivity contribution in [2.24, 2.45) is 0 Å². The van der Waals surface area contributed by atoms with Crippen LogP contribution in [-0.2, 0) is 0 Å². The van der Waals surface area contributed by atoms with Crippen LogP contribution in [0, 0.1) is 0 Å². The summed E-state index contributed by atoms with van der Waals surface area (Å²) in [4.78, 5) is 16.4. The number of pyridine rings is 1. The predicted octanol–water partition coefficient (Wildman–Crippen LogP) is 2.10. The zero-order chi connectivity index (χ0) is 16.9. The number of amides is 1. The van der Waals surface area contributed by atoms with Gasteiger partial charge in [-0.25, -0.2) is 4.68 Å². The van der Waals surface area contributed by atoms with Crippen molar-refractivity contribution in [1.82, 2.24) is 20.1 Å². The molecule has 0 spiro atoms. The molecule has 1 amide bonds. The van der Waals surface area contributed by atoms with Gasteiger partial charge >= 0.3 is 0 Å². The van der Waals surface area contributed by atoms with Gasteiger partial charge in [0.2, 0.25) is 0 Å². The van der Waals surface area contributed by atoms with Crippen molar-refractivity contribution in [3.05, 3.63) is 66.6 Å². The highest BCUT2D eigenvalue weighted by molar-refractivity contribution is 5.92. The molecule has 2 N–H and O–H groups in total. The van der Waals surface area contributed by atoms with Gasteiger partial charge in [0.1, 0.15) is 17.6 Å². The molecule has 3 aromatic rings. The van der Waals surface area contributed by atoms with Crippen LogP contribution in [0.1, 0.15) is 35.7 Å². The molecular weight excluding hydrogens is 308 g/mol. The molecule has 7 heteroatoms. The third-order valence-corrected chi connectivity index (χ3v) is 3.57. The Labute approximate surface area is 138 Å². The van der Waals surface area contributed by atoms with Crippen LogP contribution in [0.5, 0.6) is 0 Å². The SMILES string of the molecule is CC(CC(O)c1ccco1)NC(=O)c1cc(-n2cccn2)ccn1. The first-order valence-corrected chi connectivity index (χ1v) is 7.62. The lowest BCUT2D eigenvalue weighted by Crippen LogP contribution is -2.34. The monoisotopic (exact) mass is 326 g/mol. The standard InChI is InChI=1S/C17H18N4O3/c1-12(10-15(22)16-4-2-9-24-16)20-17(23)14-11-13(5-7-18-14)21-8-3-6-19-21/h2-9,11-12,15,22H,10H2,1H3,(H,20,23). The van der Waals surface area contributed by atoms with E-state index < -0.39 is 6.10 Å². The minimum Gasteiger partial charge on any atom is -0.467 e. The van der Waals surface area contributed by atoms with Crippen LogP contribution in [0.15, 0.2) is 59.6 Å². The van der Waals surface area contributed by atoms with E-state index in [1.165, 1.54) is 6.26 Å². The van der Waals surface area contributed by atoms with Crippen molar-refractivity contribution in [3.63, 3.8) is 0 Å². The normalized spacial score (nSPS) is 13.4. The average molecular weight is 326 g/mol. The van der Waals surface area contributed by atoms with Gasteiger partial charge in [-0.1, -0.05) is 0 Å². The summed E-state index contributed by atoms with van der Waals surface area (Å²) >= 11 is 0. The molecule has 3 rings (SSSR count). The number of rotatable bonds is 6. The molecular formula is C17H18N4O3. The Morgan fingerprint density at radius 2 is 2.25 bits per heavy atom. The van der Waals surface area contributed by atoms with Gasteiger partial charge in [-0.05, 0) is 37.3 Å². The van der Waals surface area contributed by atoms with E-state index >= 15 is 0 Å². The topological polar surface area (TPSA) is 93.2 Å². The van der Waals surface area contributed by atoms with E-state index in [4.69, 9.17) is 4.42 Å². The first kappa shape index (κ1) is 15.9. The Hall–Kier alpha value is -2.93. The van der Waals surface area contributed by atoms with E-state index in [2.05, 4.69) is 15.4 Å². The first-order chi connectivity index (χ1) is 11.6. The summed E-state index contributed by atoms with van der Waals surface area (Å²) in [5.41, 5.74) is 1.05. The molecule has 0 bridgehead atoms. The van der Waals surface area contributed by atoms with Crippen LogP contribution in [0.2, 0.25) is 0 Å². The molecule has 24 heavy (non-hydrogen) atoms. The summed E-state index contributed by atoms with van der Waals surface area (Å²) in [6.45, 7) is 1.82. The number of aliphatic hydroxyl groups is 1. The van der Waals surface area contributed by atoms with Gasteiger partial charge in [-0.2, -0.15) is 5.10 Å². The second kappa shape index (κ2) is 7.10. The predicted molar refractivity (Wildman–Crippen MR) is 86.6 cm³/mol. The summed E-state index contributed by atoms with van der Waals surface area (Å²) < 4.78 is 6.81. The van der Waals surface area contributed by atoms with E-state index in [1.54, 1.807) is 53.6 Å². The molecule has 3 heterocycles. The molecule has 3 aromatic heterocycles. The number of carbonyl (C=O) groups excluding carboxylic acids is 1. The van der Waals surface area contributed by atoms with Crippen LogP contribution in [0.25, 0.3) is 5.69 Å². The highest BCUT2D eigenvalue weighted by atomic mass is 16.4. The van der Waals surface area contributed by atoms with E-state index in [0.717, 1.165) is 5.69 Å². The first-order valence-electron chi connectivity index (χ1n) is 7.62. The number of nitrogens with zero attached hydrogens (tertiary/aromatic N) is 3. The maximum atomic E-state index is 12.3. The van der Waals surface area contributed by atoms with Gasteiger partial charge in [0.25, 0.3) is 5.91 Å². The molecule has 0 aliphatic heterocycles. The van der Waals surface area contributed by atoms with Crippen molar-refractivity contribution in [1.29, 1.82) is 0 Å². The van der Waals surface area contributed by atoms with Crippen LogP contribution < -0.4 is 5.32 Å². The molecule has 2 unspecified atom stereocenters. The lowest BCUT2D eigenvalue weighted by atomic mass is 10.1. The van der Waals surface area contributed by atoms with Gasteiger partial charge in [0, 0.05) is 31.1 Å². The average Bonchev–Trinajstić information content (AvgIpc) is 3.28. The third kappa shape index (κ3) is 3.69. The van der Waals surface area contributed by atoms with Crippen molar-refractivity contribution in [2.75, 3.05) is 0 Å². The fourth-order valence-electron chi connectivity index (χ4n) is 2.40. The summed E-state index contributed by atoms with van der Waals surface area (Å²) in [7, 11) is 0. The zero-order valence-corrected chi connectivity index (χ0v) is 13.2. The minimum absolute atomic E-state index is 0.243. The maximum Gasteiger partial charge on any atom is 0.270 e. The number of aliphatic hydroxyl groups excluding tert-OH is 1. The second-order valence-electron chi connectivity index (χ2n) is 5.49. The Morgan fingerprint density at radius 3 is 2.96 bits per heavy atom. The molecule has 0 saturated heterocycles. The molecule has 0 radical (unpaired) electrons. The summed E-state index contributed by atoms with van der Waals surface area (Å²) in [5.74, 6) is 0.179. The highest BCUT2D eigenvalue weighted by Crippen LogP contribution is 2.18. The number of furan rings is 1. The van der Waals surface area contributed by atoms with E-state index in [0.29, 0.717) is 17.9 Å². The fourth-order valence-corrected chi connectivity index (χ4v) is 2.40. The lowest BCUT2D eigenvalue weighted by molar-refractivity contribution is 0.0898. The Bertz CT molecular complexity index is 784. The van der Waals surface area contributed by atoms with Gasteiger partial charge in [-0.15, -0.1) is 0 Å². The van der Waals surface area contributed by atoms with Crippen LogP contribution in [-0.4, -0.2) is 31.8 Å². The Balaban J connectivity index is 1.63. The van der Waals surface area contributed by atoms with Gasteiger partial charge in [-0.3, -0.25) is 9.78 Å². The third-order valence-electron chi connectivity index (χ3n) is 3.57. The largest absolute Gasteiger partial charge is 0.467 e. The Kier molecular flexibility index (Phi) is 4.72. The molecule has 0 aliphatic carbocycles. The van der Waals surface area contributed by atoms with Gasteiger partial charge < -0.3 is 14.8 Å². The van der Waals surface area contributed by atoms with E-state index in [9.17, 15) is 9.90 Å². The smallest absolute Gasteiger partial charge is 0.270 e. The molecule has 0 saturated carbocycles. The van der Waals surface area contributed by atoms with Crippen molar-refractivity contribution in [2.45, 2.75) is 25.5 Å². The second-order valence-corrected chi connectivity index (χ2v) is 5.49. The van der Waals surface area contributed by atoms with Crippen molar-refractivity contribution in [3.8, 4) is 5.69 Å². The van der Waals surface area contributed by atoms with Crippen LogP contribution in [0.3, 0.4) is 0 Å². The van der Waals surface area contributed by atoms with Crippen LogP contribution in [0.4, 0.5) is 0 Å². The van der Waals surface area contributed by atoms with Gasteiger partial charge in [0.05, 0.1) is 12.0 Å². The molecule has 0 aromatic carbocycles. The van der Waals surface area contributed by atoms with Crippen LogP contribution >= 0.6 is 0 Å². The maximum absolute atomic E-state index is 12.3. The fraction of sp³-hybridized carbons (Fsp3) is 0.235. The zero-order valence-electron chi connectivity index (χ0n) is 13.2. The molecule has 7 nitrogen and oxygen atoms in total. The summed E-state index contributed by atoms with van der Waals surface area (Å²) in [5, 5.41) is 17.0. The minimum atomic E-state index is -0.765. The quantitative estimate of drug-likeness (QED) is 0.723. The molecule has 2 atom stereocenters. The number of carbonyl (C=O) groups is 1. The van der Waals surface area contributed by atoms with E-state index in [-0.39, 0.29) is 11.9 Å². The number of hydrogen-bond acceptors (Lipinski definition) is 5. The summed E-state index contributed by atoms with van der Waals surface area (Å²) in [6.07, 6.45) is 6.11. The van der Waals surface area contributed by atoms with Gasteiger partial charge in [0.15, 0.2) is 0 Å². The molecule has 124 valence electrons. The summed E-state index contributed by atoms with van der Waals surface area (Å²) in [6, 6.07) is 8.41. The molecule has 0 fully saturated rings. The number of nitrogens with one attached hydrogen (secondary N) is 1. The number of aromatic nitrogens is 3. The van der Waals surface area contributed by atoms with E-state index in [1.807, 2.05) is 6.92 Å². The highest BCUT2D eigenvalue weighted by Gasteiger charge is 2.18. The molecule has 0 aliphatic rings. The Morgan fingerprint density at radius 1 is 1.38 bits per heavy atom. The van der Waals surface area contributed by atoms with Crippen molar-refractivity contribution >= 4 is 5.91 Å². The lowest BCUT2D eigenvalue weighted by Gasteiger charge is -2.16. The van der Waals surface area contributed by atoms with Crippen molar-refractivity contribution < 1.29 is 14.3 Å².